The van der Waals surface area contributed by atoms with Gasteiger partial charge in [-0.2, -0.15) is 0 Å². The fourth-order valence-corrected chi connectivity index (χ4v) is 2.06. The van der Waals surface area contributed by atoms with Crippen molar-refractivity contribution in [1.82, 2.24) is 10.2 Å². The second kappa shape index (κ2) is 7.28. The summed E-state index contributed by atoms with van der Waals surface area (Å²) in [6.45, 7) is 8.27. The molecule has 0 aliphatic heterocycles. The number of benzene rings is 1. The lowest BCUT2D eigenvalue weighted by atomic mass is 10.2. The van der Waals surface area contributed by atoms with Crippen molar-refractivity contribution in [3.63, 3.8) is 0 Å². The average Bonchev–Trinajstić information content (AvgIpc) is 2.29. The van der Waals surface area contributed by atoms with Crippen LogP contribution in [0.1, 0.15) is 32.8 Å². The molecule has 94 valence electrons. The molecule has 0 heterocycles. The fourth-order valence-electron chi connectivity index (χ4n) is 1.66. The third-order valence-electron chi connectivity index (χ3n) is 2.41. The lowest BCUT2D eigenvalue weighted by molar-refractivity contribution is 0.400. The van der Waals surface area contributed by atoms with Crippen molar-refractivity contribution < 1.29 is 0 Å². The molecule has 17 heavy (non-hydrogen) atoms. The van der Waals surface area contributed by atoms with Crippen LogP contribution in [-0.2, 0) is 6.54 Å². The van der Waals surface area contributed by atoms with Crippen LogP contribution in [0.25, 0.3) is 0 Å². The molecule has 3 heteroatoms. The summed E-state index contributed by atoms with van der Waals surface area (Å²) >= 11 is 5.43. The monoisotopic (exact) mass is 250 g/mol. The standard InChI is InChI=1S/C14H22N2S/c1-4-10-16(14(17)15-12(2)3)11-13-8-6-5-7-9-13/h5-9,12H,4,10-11H2,1-3H3,(H,15,17). The summed E-state index contributed by atoms with van der Waals surface area (Å²) in [4.78, 5) is 2.23. The summed E-state index contributed by atoms with van der Waals surface area (Å²) in [5.41, 5.74) is 1.30. The van der Waals surface area contributed by atoms with Gasteiger partial charge in [-0.1, -0.05) is 37.3 Å². The summed E-state index contributed by atoms with van der Waals surface area (Å²) < 4.78 is 0. The summed E-state index contributed by atoms with van der Waals surface area (Å²) in [6.07, 6.45) is 1.10. The first-order chi connectivity index (χ1) is 8.13. The molecule has 0 fully saturated rings. The molecular formula is C14H22N2S. The smallest absolute Gasteiger partial charge is 0.169 e. The van der Waals surface area contributed by atoms with Crippen LogP contribution in [0.15, 0.2) is 30.3 Å². The predicted octanol–water partition coefficient (Wildman–Crippen LogP) is 3.18. The van der Waals surface area contributed by atoms with Gasteiger partial charge in [-0.25, -0.2) is 0 Å². The van der Waals surface area contributed by atoms with Crippen LogP contribution in [0, 0.1) is 0 Å². The van der Waals surface area contributed by atoms with Crippen molar-refractivity contribution in [1.29, 1.82) is 0 Å². The van der Waals surface area contributed by atoms with Crippen molar-refractivity contribution in [3.8, 4) is 0 Å². The molecule has 0 bridgehead atoms. The van der Waals surface area contributed by atoms with E-state index in [0.29, 0.717) is 6.04 Å². The summed E-state index contributed by atoms with van der Waals surface area (Å²) in [7, 11) is 0. The molecule has 0 unspecified atom stereocenters. The zero-order valence-corrected chi connectivity index (χ0v) is 11.8. The van der Waals surface area contributed by atoms with E-state index in [1.807, 2.05) is 6.07 Å². The fraction of sp³-hybridized carbons (Fsp3) is 0.500. The van der Waals surface area contributed by atoms with E-state index in [1.165, 1.54) is 5.56 Å². The summed E-state index contributed by atoms with van der Waals surface area (Å²) in [5.74, 6) is 0. The van der Waals surface area contributed by atoms with E-state index in [-0.39, 0.29) is 0 Å². The van der Waals surface area contributed by atoms with Crippen LogP contribution in [-0.4, -0.2) is 22.6 Å². The lowest BCUT2D eigenvalue weighted by Gasteiger charge is -2.26. The first-order valence-electron chi connectivity index (χ1n) is 6.22. The zero-order valence-electron chi connectivity index (χ0n) is 10.9. The van der Waals surface area contributed by atoms with Crippen LogP contribution in [0.5, 0.6) is 0 Å². The first kappa shape index (κ1) is 14.0. The quantitative estimate of drug-likeness (QED) is 0.808. The molecule has 1 rings (SSSR count). The Kier molecular flexibility index (Phi) is 5.98. The molecule has 0 atom stereocenters. The van der Waals surface area contributed by atoms with Gasteiger partial charge in [0.05, 0.1) is 0 Å². The molecule has 0 saturated carbocycles. The van der Waals surface area contributed by atoms with Gasteiger partial charge in [-0.05, 0) is 38.0 Å². The minimum atomic E-state index is 0.387. The van der Waals surface area contributed by atoms with Crippen molar-refractivity contribution >= 4 is 17.3 Å². The minimum Gasteiger partial charge on any atom is -0.360 e. The molecule has 2 nitrogen and oxygen atoms in total. The number of thiocarbonyl (C=S) groups is 1. The van der Waals surface area contributed by atoms with Gasteiger partial charge in [0.2, 0.25) is 0 Å². The molecule has 0 aromatic heterocycles. The van der Waals surface area contributed by atoms with Crippen LogP contribution in [0.2, 0.25) is 0 Å². The highest BCUT2D eigenvalue weighted by atomic mass is 32.1. The van der Waals surface area contributed by atoms with Crippen molar-refractivity contribution in [2.45, 2.75) is 39.8 Å². The predicted molar refractivity (Wildman–Crippen MR) is 78.0 cm³/mol. The Balaban J connectivity index is 2.63. The lowest BCUT2D eigenvalue weighted by Crippen LogP contribution is -2.42. The van der Waals surface area contributed by atoms with Gasteiger partial charge >= 0.3 is 0 Å². The molecule has 0 amide bonds. The largest absolute Gasteiger partial charge is 0.360 e. The van der Waals surface area contributed by atoms with E-state index in [0.717, 1.165) is 24.6 Å². The maximum absolute atomic E-state index is 5.43. The van der Waals surface area contributed by atoms with E-state index in [4.69, 9.17) is 12.2 Å². The van der Waals surface area contributed by atoms with Gasteiger partial charge in [0.15, 0.2) is 5.11 Å². The average molecular weight is 250 g/mol. The molecular weight excluding hydrogens is 228 g/mol. The summed E-state index contributed by atoms with van der Waals surface area (Å²) in [6, 6.07) is 10.8. The van der Waals surface area contributed by atoms with E-state index in [9.17, 15) is 0 Å². The summed E-state index contributed by atoms with van der Waals surface area (Å²) in [5, 5.41) is 4.16. The molecule has 0 saturated heterocycles. The van der Waals surface area contributed by atoms with E-state index in [1.54, 1.807) is 0 Å². The Labute approximate surface area is 110 Å². The first-order valence-corrected chi connectivity index (χ1v) is 6.63. The van der Waals surface area contributed by atoms with E-state index in [2.05, 4.69) is 55.3 Å². The molecule has 1 N–H and O–H groups in total. The van der Waals surface area contributed by atoms with Crippen LogP contribution in [0.3, 0.4) is 0 Å². The minimum absolute atomic E-state index is 0.387. The Bertz CT molecular complexity index is 335. The van der Waals surface area contributed by atoms with Gasteiger partial charge in [-0.15, -0.1) is 0 Å². The maximum atomic E-state index is 5.43. The molecule has 1 aromatic rings. The van der Waals surface area contributed by atoms with Crippen molar-refractivity contribution in [2.75, 3.05) is 6.54 Å². The topological polar surface area (TPSA) is 15.3 Å². The Morgan fingerprint density at radius 3 is 2.47 bits per heavy atom. The van der Waals surface area contributed by atoms with Gasteiger partial charge in [0.1, 0.15) is 0 Å². The highest BCUT2D eigenvalue weighted by molar-refractivity contribution is 7.80. The second-order valence-electron chi connectivity index (χ2n) is 4.51. The number of rotatable bonds is 5. The maximum Gasteiger partial charge on any atom is 0.169 e. The van der Waals surface area contributed by atoms with Gasteiger partial charge in [0.25, 0.3) is 0 Å². The van der Waals surface area contributed by atoms with Gasteiger partial charge in [0, 0.05) is 19.1 Å². The number of nitrogens with one attached hydrogen (secondary N) is 1. The van der Waals surface area contributed by atoms with Crippen molar-refractivity contribution in [3.05, 3.63) is 35.9 Å². The third-order valence-corrected chi connectivity index (χ3v) is 2.79. The van der Waals surface area contributed by atoms with Crippen LogP contribution >= 0.6 is 12.2 Å². The van der Waals surface area contributed by atoms with E-state index < -0.39 is 0 Å². The number of hydrogen-bond donors (Lipinski definition) is 1. The Morgan fingerprint density at radius 2 is 1.94 bits per heavy atom. The Morgan fingerprint density at radius 1 is 1.29 bits per heavy atom. The number of nitrogens with zero attached hydrogens (tertiary/aromatic N) is 1. The highest BCUT2D eigenvalue weighted by Crippen LogP contribution is 2.06. The zero-order chi connectivity index (χ0) is 12.7. The molecule has 0 spiro atoms. The third kappa shape index (κ3) is 5.18. The molecule has 0 aliphatic carbocycles. The van der Waals surface area contributed by atoms with Gasteiger partial charge in [-0.3, -0.25) is 0 Å². The highest BCUT2D eigenvalue weighted by Gasteiger charge is 2.09. The molecule has 0 aliphatic rings. The van der Waals surface area contributed by atoms with E-state index >= 15 is 0 Å². The van der Waals surface area contributed by atoms with Gasteiger partial charge < -0.3 is 10.2 Å². The second-order valence-corrected chi connectivity index (χ2v) is 4.90. The normalized spacial score (nSPS) is 10.4. The SMILES string of the molecule is CCCN(Cc1ccccc1)C(=S)NC(C)C. The molecule has 1 aromatic carbocycles. The molecule has 0 radical (unpaired) electrons. The van der Waals surface area contributed by atoms with Crippen molar-refractivity contribution in [2.24, 2.45) is 0 Å². The van der Waals surface area contributed by atoms with Crippen LogP contribution < -0.4 is 5.32 Å². The number of hydrogen-bond acceptors (Lipinski definition) is 1. The Hall–Kier alpha value is -1.09. The van der Waals surface area contributed by atoms with Crippen LogP contribution in [0.4, 0.5) is 0 Å².